The van der Waals surface area contributed by atoms with Gasteiger partial charge in [0.05, 0.1) is 0 Å². The molecule has 0 radical (unpaired) electrons. The average molecular weight is 299 g/mol. The molecule has 0 aliphatic heterocycles. The number of hydrogen-bond donors (Lipinski definition) is 0. The molecule has 0 rings (SSSR count). The number of unbranched alkanes of at least 4 members (excludes halogenated alkanes) is 7. The van der Waals surface area contributed by atoms with E-state index >= 15 is 0 Å². The van der Waals surface area contributed by atoms with Crippen LogP contribution in [0.1, 0.15) is 71.1 Å². The van der Waals surface area contributed by atoms with Gasteiger partial charge in [0.2, 0.25) is 0 Å². The third kappa shape index (κ3) is 18.8. The first-order valence-electron chi connectivity index (χ1n) is 8.20. The molecule has 1 nitrogen and oxygen atoms in total. The Morgan fingerprint density at radius 3 is 2.21 bits per heavy atom. The molecule has 0 saturated carbocycles. The molecule has 110 valence electrons. The monoisotopic (exact) mass is 298 g/mol. The molecule has 0 spiro atoms. The van der Waals surface area contributed by atoms with Gasteiger partial charge in [0, 0.05) is 13.2 Å². The molecule has 0 aromatic heterocycles. The molecular formula is C16H31ClMgO. The summed E-state index contributed by atoms with van der Waals surface area (Å²) in [4.78, 5) is 0. The lowest BCUT2D eigenvalue weighted by atomic mass is 10.1. The third-order valence-electron chi connectivity index (χ3n) is 3.22. The van der Waals surface area contributed by atoms with Crippen molar-refractivity contribution < 1.29 is 4.74 Å². The topological polar surface area (TPSA) is 9.23 Å². The summed E-state index contributed by atoms with van der Waals surface area (Å²) in [5.74, 6) is 0. The third-order valence-corrected chi connectivity index (χ3v) is 4.70. The number of hydrogen-bond acceptors (Lipinski definition) is 1. The Kier molecular flexibility index (Phi) is 19.5. The normalized spacial score (nSPS) is 11.1. The minimum absolute atomic E-state index is 0.253. The Bertz CT molecular complexity index is 186. The largest absolute Gasteiger partial charge is 0.501 e. The predicted octanol–water partition coefficient (Wildman–Crippen LogP) is 5.76. The fourth-order valence-electron chi connectivity index (χ4n) is 2.00. The summed E-state index contributed by atoms with van der Waals surface area (Å²) >= 11 is -0.253. The Morgan fingerprint density at radius 1 is 0.842 bits per heavy atom. The highest BCUT2D eigenvalue weighted by Gasteiger charge is 1.92. The molecule has 19 heavy (non-hydrogen) atoms. The zero-order valence-corrected chi connectivity index (χ0v) is 15.0. The zero-order valence-electron chi connectivity index (χ0n) is 12.8. The highest BCUT2D eigenvalue weighted by molar-refractivity contribution is 6.93. The lowest BCUT2D eigenvalue weighted by Gasteiger charge is -2.03. The summed E-state index contributed by atoms with van der Waals surface area (Å²) in [6.07, 6.45) is 17.6. The first-order valence-corrected chi connectivity index (χ1v) is 11.3. The van der Waals surface area contributed by atoms with Crippen LogP contribution in [0, 0.1) is 0 Å². The lowest BCUT2D eigenvalue weighted by Crippen LogP contribution is -1.96. The van der Waals surface area contributed by atoms with Crippen molar-refractivity contribution in [3.63, 3.8) is 0 Å². The Morgan fingerprint density at radius 2 is 1.47 bits per heavy atom. The van der Waals surface area contributed by atoms with E-state index in [1.165, 1.54) is 55.9 Å². The van der Waals surface area contributed by atoms with Crippen LogP contribution in [-0.2, 0) is 4.74 Å². The molecule has 0 aliphatic carbocycles. The number of rotatable bonds is 15. The van der Waals surface area contributed by atoms with Crippen LogP contribution < -0.4 is 0 Å². The van der Waals surface area contributed by atoms with Gasteiger partial charge in [0.15, 0.2) is 0 Å². The molecule has 0 aliphatic rings. The number of halogens is 1. The quantitative estimate of drug-likeness (QED) is 0.212. The van der Waals surface area contributed by atoms with Gasteiger partial charge in [0.25, 0.3) is 0 Å². The van der Waals surface area contributed by atoms with Gasteiger partial charge in [-0.05, 0) is 19.3 Å². The molecule has 0 bridgehead atoms. The molecule has 3 heteroatoms. The van der Waals surface area contributed by atoms with E-state index in [2.05, 4.69) is 19.1 Å². The summed E-state index contributed by atoms with van der Waals surface area (Å²) in [5, 5.41) is 0. The molecule has 0 fully saturated rings. The van der Waals surface area contributed by atoms with Crippen molar-refractivity contribution >= 4 is 28.3 Å². The zero-order chi connectivity index (χ0) is 14.0. The van der Waals surface area contributed by atoms with Crippen molar-refractivity contribution in [3.8, 4) is 0 Å². The van der Waals surface area contributed by atoms with Gasteiger partial charge in [-0.25, -0.2) is 0 Å². The molecule has 0 aromatic carbocycles. The first kappa shape index (κ1) is 19.8. The maximum atomic E-state index is 5.74. The van der Waals surface area contributed by atoms with E-state index in [4.69, 9.17) is 13.8 Å². The SMILES string of the molecule is CCCCCCCCCOCCC/C=C/C[CH2][Mg][Cl]. The molecule has 0 saturated heterocycles. The van der Waals surface area contributed by atoms with Gasteiger partial charge in [-0.1, -0.05) is 64.0 Å². The van der Waals surface area contributed by atoms with Crippen LogP contribution in [0.3, 0.4) is 0 Å². The van der Waals surface area contributed by atoms with E-state index in [0.717, 1.165) is 26.1 Å². The van der Waals surface area contributed by atoms with Gasteiger partial charge >= 0.3 is 19.3 Å². The van der Waals surface area contributed by atoms with Gasteiger partial charge in [-0.15, -0.1) is 4.55 Å². The summed E-state index contributed by atoms with van der Waals surface area (Å²) in [5.41, 5.74) is 0. The van der Waals surface area contributed by atoms with Crippen molar-refractivity contribution in [2.45, 2.75) is 75.7 Å². The van der Waals surface area contributed by atoms with Crippen LogP contribution in [0.15, 0.2) is 12.2 Å². The molecule has 0 atom stereocenters. The van der Waals surface area contributed by atoms with Crippen molar-refractivity contribution in [2.24, 2.45) is 0 Å². The molecular weight excluding hydrogens is 268 g/mol. The van der Waals surface area contributed by atoms with E-state index in [-0.39, 0.29) is 19.3 Å². The predicted molar refractivity (Wildman–Crippen MR) is 88.2 cm³/mol. The first-order chi connectivity index (χ1) is 9.41. The Labute approximate surface area is 134 Å². The van der Waals surface area contributed by atoms with Crippen molar-refractivity contribution in [2.75, 3.05) is 13.2 Å². The molecule has 0 aromatic rings. The smallest absolute Gasteiger partial charge is 0.381 e. The van der Waals surface area contributed by atoms with E-state index < -0.39 is 0 Å². The molecule has 0 amide bonds. The van der Waals surface area contributed by atoms with E-state index in [1.807, 2.05) is 0 Å². The van der Waals surface area contributed by atoms with Crippen LogP contribution in [0.5, 0.6) is 0 Å². The fraction of sp³-hybridized carbons (Fsp3) is 0.875. The maximum absolute atomic E-state index is 5.74. The fourth-order valence-corrected chi connectivity index (χ4v) is 2.85. The highest BCUT2D eigenvalue weighted by Crippen LogP contribution is 2.07. The van der Waals surface area contributed by atoms with Crippen molar-refractivity contribution in [3.05, 3.63) is 12.2 Å². The van der Waals surface area contributed by atoms with Crippen LogP contribution in [0.25, 0.3) is 0 Å². The van der Waals surface area contributed by atoms with Crippen LogP contribution >= 0.6 is 9.07 Å². The molecule has 0 heterocycles. The second-order valence-corrected chi connectivity index (χ2v) is 7.40. The number of allylic oxidation sites excluding steroid dienone is 2. The highest BCUT2D eigenvalue weighted by atomic mass is 35.5. The van der Waals surface area contributed by atoms with E-state index in [1.54, 1.807) is 0 Å². The second-order valence-electron chi connectivity index (χ2n) is 5.18. The van der Waals surface area contributed by atoms with Gasteiger partial charge in [0.1, 0.15) is 0 Å². The van der Waals surface area contributed by atoms with Crippen LogP contribution in [-0.4, -0.2) is 32.5 Å². The Balaban J connectivity index is 2.97. The van der Waals surface area contributed by atoms with Crippen molar-refractivity contribution in [1.29, 1.82) is 0 Å². The lowest BCUT2D eigenvalue weighted by molar-refractivity contribution is 0.128. The van der Waals surface area contributed by atoms with Gasteiger partial charge < -0.3 is 13.8 Å². The average Bonchev–Trinajstić information content (AvgIpc) is 2.43. The van der Waals surface area contributed by atoms with Crippen LogP contribution in [0.2, 0.25) is 4.55 Å². The van der Waals surface area contributed by atoms with E-state index in [9.17, 15) is 0 Å². The molecule has 0 unspecified atom stereocenters. The summed E-state index contributed by atoms with van der Waals surface area (Å²) < 4.78 is 6.87. The second kappa shape index (κ2) is 18.8. The summed E-state index contributed by atoms with van der Waals surface area (Å²) in [6, 6.07) is 0. The van der Waals surface area contributed by atoms with Crippen molar-refractivity contribution in [1.82, 2.24) is 0 Å². The standard InChI is InChI=1S/C16H31O.ClH.Mg/c1-3-5-7-9-10-12-14-16-17-15-13-11-8-6-4-2;;/h6,8H,2-5,7,9-16H2,1H3;1H;/q;;+1/p-1/b8-6+;;. The number of ether oxygens (including phenoxy) is 1. The van der Waals surface area contributed by atoms with Gasteiger partial charge in [-0.3, -0.25) is 0 Å². The minimum Gasteiger partial charge on any atom is -0.381 e. The summed E-state index contributed by atoms with van der Waals surface area (Å²) in [6.45, 7) is 4.14. The van der Waals surface area contributed by atoms with Crippen LogP contribution in [0.4, 0.5) is 0 Å². The van der Waals surface area contributed by atoms with Gasteiger partial charge in [-0.2, -0.15) is 0 Å². The summed E-state index contributed by atoms with van der Waals surface area (Å²) in [7, 11) is 5.74. The molecule has 0 N–H and O–H groups in total. The maximum Gasteiger partial charge on any atom is 0.501 e. The minimum atomic E-state index is -0.253. The van der Waals surface area contributed by atoms with E-state index in [0.29, 0.717) is 0 Å². The Hall–Kier alpha value is 0.756.